The van der Waals surface area contributed by atoms with Crippen LogP contribution in [0.4, 0.5) is 0 Å². The van der Waals surface area contributed by atoms with Crippen molar-refractivity contribution >= 4 is 29.3 Å². The number of nitrogens with one attached hydrogen (secondary N) is 1. The largest absolute Gasteiger partial charge is 0.492 e. The molecule has 5 heteroatoms. The quantitative estimate of drug-likeness (QED) is 0.452. The van der Waals surface area contributed by atoms with Gasteiger partial charge in [-0.3, -0.25) is 4.79 Å². The van der Waals surface area contributed by atoms with Gasteiger partial charge in [-0.2, -0.15) is 0 Å². The van der Waals surface area contributed by atoms with E-state index in [1.54, 1.807) is 11.8 Å². The number of ether oxygens (including phenoxy) is 1. The Morgan fingerprint density at radius 3 is 2.30 bits per heavy atom. The first kappa shape index (κ1) is 21.6. The highest BCUT2D eigenvalue weighted by Gasteiger charge is 2.17. The molecule has 0 unspecified atom stereocenters. The zero-order valence-corrected chi connectivity index (χ0v) is 18.0. The highest BCUT2D eigenvalue weighted by molar-refractivity contribution is 8.00. The number of hydrogen-bond donors (Lipinski definition) is 1. The molecule has 2 aromatic rings. The molecule has 0 aliphatic heterocycles. The van der Waals surface area contributed by atoms with Crippen molar-refractivity contribution in [1.29, 1.82) is 0 Å². The Kier molecular flexibility index (Phi) is 8.06. The topological polar surface area (TPSA) is 38.3 Å². The lowest BCUT2D eigenvalue weighted by molar-refractivity contribution is -0.120. The van der Waals surface area contributed by atoms with Crippen LogP contribution in [0, 0.1) is 0 Å². The lowest BCUT2D eigenvalue weighted by Gasteiger charge is -2.19. The van der Waals surface area contributed by atoms with E-state index in [0.29, 0.717) is 18.2 Å². The van der Waals surface area contributed by atoms with E-state index in [0.717, 1.165) is 17.1 Å². The van der Waals surface area contributed by atoms with Crippen molar-refractivity contribution in [3.8, 4) is 5.75 Å². The van der Waals surface area contributed by atoms with Gasteiger partial charge in [0, 0.05) is 9.92 Å². The first-order valence-electron chi connectivity index (χ1n) is 9.23. The molecule has 0 saturated heterocycles. The van der Waals surface area contributed by atoms with Crippen LogP contribution in [0.2, 0.25) is 5.02 Å². The molecule has 1 N–H and O–H groups in total. The van der Waals surface area contributed by atoms with Crippen molar-refractivity contribution in [3.05, 3.63) is 59.1 Å². The van der Waals surface area contributed by atoms with Crippen molar-refractivity contribution in [1.82, 2.24) is 5.32 Å². The zero-order chi connectivity index (χ0) is 19.9. The molecule has 1 amide bonds. The Labute approximate surface area is 171 Å². The average molecular weight is 406 g/mol. The number of rotatable bonds is 8. The first-order valence-corrected chi connectivity index (χ1v) is 10.5. The molecule has 2 rings (SSSR count). The number of halogens is 1. The first-order chi connectivity index (χ1) is 12.8. The van der Waals surface area contributed by atoms with Crippen molar-refractivity contribution < 1.29 is 9.53 Å². The summed E-state index contributed by atoms with van der Waals surface area (Å²) in [6, 6.07) is 15.7. The van der Waals surface area contributed by atoms with Crippen LogP contribution in [0.25, 0.3) is 0 Å². The van der Waals surface area contributed by atoms with Gasteiger partial charge in [0.1, 0.15) is 12.4 Å². The summed E-state index contributed by atoms with van der Waals surface area (Å²) >= 11 is 7.46. The zero-order valence-electron chi connectivity index (χ0n) is 16.4. The summed E-state index contributed by atoms with van der Waals surface area (Å²) in [6.07, 6.45) is 0.758. The lowest BCUT2D eigenvalue weighted by Crippen LogP contribution is -2.35. The van der Waals surface area contributed by atoms with Gasteiger partial charge in [-0.15, -0.1) is 11.8 Å². The van der Waals surface area contributed by atoms with Gasteiger partial charge in [-0.05, 0) is 53.8 Å². The molecular formula is C22H28ClNO2S. The van der Waals surface area contributed by atoms with E-state index < -0.39 is 0 Å². The van der Waals surface area contributed by atoms with Gasteiger partial charge < -0.3 is 10.1 Å². The molecule has 2 aromatic carbocycles. The molecule has 0 aromatic heterocycles. The normalized spacial score (nSPS) is 12.5. The SMILES string of the molecule is CC[C@@H](Sc1ccc(Cl)cc1)C(=O)NCCOc1ccc(C(C)(C)C)cc1. The second-order valence-electron chi connectivity index (χ2n) is 7.38. The number of carbonyl (C=O) groups is 1. The number of benzene rings is 2. The van der Waals surface area contributed by atoms with Gasteiger partial charge in [0.15, 0.2) is 0 Å². The number of amides is 1. The van der Waals surface area contributed by atoms with E-state index in [-0.39, 0.29) is 16.6 Å². The molecule has 146 valence electrons. The van der Waals surface area contributed by atoms with Gasteiger partial charge in [0.05, 0.1) is 11.8 Å². The summed E-state index contributed by atoms with van der Waals surface area (Å²) in [6.45, 7) is 9.50. The van der Waals surface area contributed by atoms with Gasteiger partial charge in [-0.1, -0.05) is 51.4 Å². The van der Waals surface area contributed by atoms with E-state index in [2.05, 4.69) is 38.2 Å². The Morgan fingerprint density at radius 1 is 1.11 bits per heavy atom. The maximum Gasteiger partial charge on any atom is 0.233 e. The predicted octanol–water partition coefficient (Wildman–Crippen LogP) is 5.70. The predicted molar refractivity (Wildman–Crippen MR) is 115 cm³/mol. The summed E-state index contributed by atoms with van der Waals surface area (Å²) in [4.78, 5) is 13.4. The van der Waals surface area contributed by atoms with E-state index in [4.69, 9.17) is 16.3 Å². The van der Waals surface area contributed by atoms with Crippen LogP contribution in [0.5, 0.6) is 5.75 Å². The van der Waals surface area contributed by atoms with Gasteiger partial charge >= 0.3 is 0 Å². The third-order valence-corrected chi connectivity index (χ3v) is 5.77. The van der Waals surface area contributed by atoms with Crippen LogP contribution < -0.4 is 10.1 Å². The van der Waals surface area contributed by atoms with Gasteiger partial charge in [0.2, 0.25) is 5.91 Å². The van der Waals surface area contributed by atoms with E-state index in [1.807, 2.05) is 43.3 Å². The highest BCUT2D eigenvalue weighted by atomic mass is 35.5. The van der Waals surface area contributed by atoms with Crippen molar-refractivity contribution in [2.45, 2.75) is 49.7 Å². The van der Waals surface area contributed by atoms with E-state index >= 15 is 0 Å². The summed E-state index contributed by atoms with van der Waals surface area (Å²) in [5.74, 6) is 0.851. The molecular weight excluding hydrogens is 378 g/mol. The summed E-state index contributed by atoms with van der Waals surface area (Å²) < 4.78 is 5.73. The Morgan fingerprint density at radius 2 is 1.74 bits per heavy atom. The fourth-order valence-corrected chi connectivity index (χ4v) is 3.61. The van der Waals surface area contributed by atoms with Crippen LogP contribution in [0.3, 0.4) is 0 Å². The molecule has 27 heavy (non-hydrogen) atoms. The van der Waals surface area contributed by atoms with E-state index in [9.17, 15) is 4.79 Å². The fraction of sp³-hybridized carbons (Fsp3) is 0.409. The molecule has 0 saturated carbocycles. The van der Waals surface area contributed by atoms with Crippen molar-refractivity contribution in [3.63, 3.8) is 0 Å². The second kappa shape index (κ2) is 10.0. The van der Waals surface area contributed by atoms with E-state index in [1.165, 1.54) is 5.56 Å². The monoisotopic (exact) mass is 405 g/mol. The molecule has 0 radical (unpaired) electrons. The molecule has 0 fully saturated rings. The summed E-state index contributed by atoms with van der Waals surface area (Å²) in [5.41, 5.74) is 1.40. The Balaban J connectivity index is 1.76. The molecule has 1 atom stereocenters. The van der Waals surface area contributed by atoms with Crippen LogP contribution in [0.15, 0.2) is 53.4 Å². The number of hydrogen-bond acceptors (Lipinski definition) is 3. The minimum atomic E-state index is -0.128. The second-order valence-corrected chi connectivity index (χ2v) is 9.10. The molecule has 3 nitrogen and oxygen atoms in total. The fourth-order valence-electron chi connectivity index (χ4n) is 2.51. The maximum atomic E-state index is 12.4. The van der Waals surface area contributed by atoms with Crippen LogP contribution in [-0.4, -0.2) is 24.3 Å². The van der Waals surface area contributed by atoms with Crippen LogP contribution in [0.1, 0.15) is 39.7 Å². The third kappa shape index (κ3) is 7.11. The smallest absolute Gasteiger partial charge is 0.233 e. The minimum absolute atomic E-state index is 0.0316. The lowest BCUT2D eigenvalue weighted by atomic mass is 9.87. The minimum Gasteiger partial charge on any atom is -0.492 e. The molecule has 0 heterocycles. The standard InChI is InChI=1S/C22H28ClNO2S/c1-5-20(27-19-12-8-17(23)9-13-19)21(25)24-14-15-26-18-10-6-16(7-11-18)22(2,3)4/h6-13,20H,5,14-15H2,1-4H3,(H,24,25)/t20-/m1/s1. The van der Waals surface area contributed by atoms with Crippen LogP contribution in [-0.2, 0) is 10.2 Å². The molecule has 0 aliphatic carbocycles. The Hall–Kier alpha value is -1.65. The van der Waals surface area contributed by atoms with Gasteiger partial charge in [0.25, 0.3) is 0 Å². The third-order valence-electron chi connectivity index (χ3n) is 4.15. The summed E-state index contributed by atoms with van der Waals surface area (Å²) in [5, 5.41) is 3.53. The van der Waals surface area contributed by atoms with Crippen molar-refractivity contribution in [2.75, 3.05) is 13.2 Å². The van der Waals surface area contributed by atoms with Gasteiger partial charge in [-0.25, -0.2) is 0 Å². The molecule has 0 aliphatic rings. The van der Waals surface area contributed by atoms with Crippen molar-refractivity contribution in [2.24, 2.45) is 0 Å². The maximum absolute atomic E-state index is 12.4. The average Bonchev–Trinajstić information content (AvgIpc) is 2.64. The van der Waals surface area contributed by atoms with Crippen LogP contribution >= 0.6 is 23.4 Å². The molecule has 0 bridgehead atoms. The summed E-state index contributed by atoms with van der Waals surface area (Å²) in [7, 11) is 0. The number of thioether (sulfide) groups is 1. The highest BCUT2D eigenvalue weighted by Crippen LogP contribution is 2.27. The number of carbonyl (C=O) groups excluding carboxylic acids is 1. The Bertz CT molecular complexity index is 723. The molecule has 0 spiro atoms.